The van der Waals surface area contributed by atoms with Crippen molar-refractivity contribution < 1.29 is 0 Å². The molecule has 0 fully saturated rings. The lowest BCUT2D eigenvalue weighted by Gasteiger charge is -2.09. The number of rotatable bonds is 3. The quantitative estimate of drug-likeness (QED) is 0.678. The summed E-state index contributed by atoms with van der Waals surface area (Å²) in [5, 5.41) is 1.30. The highest BCUT2D eigenvalue weighted by molar-refractivity contribution is 5.80. The topological polar surface area (TPSA) is 17.8 Å². The summed E-state index contributed by atoms with van der Waals surface area (Å²) in [6.07, 6.45) is 7.04. The van der Waals surface area contributed by atoms with Gasteiger partial charge >= 0.3 is 0 Å². The Morgan fingerprint density at radius 2 is 1.94 bits per heavy atom. The maximum atomic E-state index is 4.20. The summed E-state index contributed by atoms with van der Waals surface area (Å²) in [5.41, 5.74) is 3.97. The molecule has 0 saturated carbocycles. The standard InChI is InChI=1S/C16H16N2/c1-2-13-11-17-9-7-15(13)12-18-10-8-14-5-3-4-6-16(14)18/h3-11H,2,12H2,1H3. The number of aryl methyl sites for hydroxylation is 1. The molecule has 0 atom stereocenters. The molecule has 2 heterocycles. The molecule has 0 aliphatic heterocycles. The Balaban J connectivity index is 2.01. The molecule has 2 aromatic heterocycles. The second-order valence-electron chi connectivity index (χ2n) is 4.50. The normalized spacial score (nSPS) is 10.9. The van der Waals surface area contributed by atoms with E-state index in [4.69, 9.17) is 0 Å². The zero-order valence-electron chi connectivity index (χ0n) is 10.5. The molecule has 0 saturated heterocycles. The van der Waals surface area contributed by atoms with Gasteiger partial charge in [-0.15, -0.1) is 0 Å². The number of hydrogen-bond acceptors (Lipinski definition) is 1. The smallest absolute Gasteiger partial charge is 0.0483 e. The Bertz CT molecular complexity index is 667. The van der Waals surface area contributed by atoms with Crippen LogP contribution in [0.4, 0.5) is 0 Å². The molecule has 3 aromatic rings. The first-order valence-corrected chi connectivity index (χ1v) is 6.34. The summed E-state index contributed by atoms with van der Waals surface area (Å²) >= 11 is 0. The van der Waals surface area contributed by atoms with Crippen molar-refractivity contribution in [1.29, 1.82) is 0 Å². The zero-order valence-corrected chi connectivity index (χ0v) is 10.5. The van der Waals surface area contributed by atoms with Crippen molar-refractivity contribution in [3.63, 3.8) is 0 Å². The van der Waals surface area contributed by atoms with Gasteiger partial charge < -0.3 is 4.57 Å². The molecule has 0 amide bonds. The molecule has 0 spiro atoms. The van der Waals surface area contributed by atoms with E-state index in [1.807, 2.05) is 12.4 Å². The highest BCUT2D eigenvalue weighted by Gasteiger charge is 2.04. The number of para-hydroxylation sites is 1. The second-order valence-corrected chi connectivity index (χ2v) is 4.50. The minimum atomic E-state index is 0.916. The van der Waals surface area contributed by atoms with Gasteiger partial charge in [0.2, 0.25) is 0 Å². The van der Waals surface area contributed by atoms with Gasteiger partial charge in [-0.05, 0) is 41.1 Å². The van der Waals surface area contributed by atoms with Crippen molar-refractivity contribution >= 4 is 10.9 Å². The number of hydrogen-bond donors (Lipinski definition) is 0. The van der Waals surface area contributed by atoms with Crippen LogP contribution in [0.1, 0.15) is 18.1 Å². The third-order valence-corrected chi connectivity index (χ3v) is 3.41. The van der Waals surface area contributed by atoms with Crippen molar-refractivity contribution in [3.05, 3.63) is 66.1 Å². The average molecular weight is 236 g/mol. The maximum Gasteiger partial charge on any atom is 0.0483 e. The van der Waals surface area contributed by atoms with Crippen LogP contribution < -0.4 is 0 Å². The SMILES string of the molecule is CCc1cnccc1Cn1ccc2ccccc21. The summed E-state index contributed by atoms with van der Waals surface area (Å²) in [7, 11) is 0. The lowest BCUT2D eigenvalue weighted by Crippen LogP contribution is -2.01. The molecule has 0 aliphatic carbocycles. The Labute approximate surface area is 107 Å². The van der Waals surface area contributed by atoms with E-state index in [-0.39, 0.29) is 0 Å². The fourth-order valence-corrected chi connectivity index (χ4v) is 2.39. The van der Waals surface area contributed by atoms with Crippen LogP contribution in [0.2, 0.25) is 0 Å². The van der Waals surface area contributed by atoms with Crippen LogP contribution in [-0.4, -0.2) is 9.55 Å². The number of nitrogens with zero attached hydrogens (tertiary/aromatic N) is 2. The van der Waals surface area contributed by atoms with E-state index in [9.17, 15) is 0 Å². The van der Waals surface area contributed by atoms with E-state index >= 15 is 0 Å². The molecule has 0 N–H and O–H groups in total. The van der Waals surface area contributed by atoms with Crippen LogP contribution in [0.3, 0.4) is 0 Å². The van der Waals surface area contributed by atoms with Gasteiger partial charge in [0.05, 0.1) is 0 Å². The van der Waals surface area contributed by atoms with Crippen LogP contribution in [0.5, 0.6) is 0 Å². The molecule has 1 aromatic carbocycles. The number of benzene rings is 1. The molecule has 0 unspecified atom stereocenters. The fraction of sp³-hybridized carbons (Fsp3) is 0.188. The van der Waals surface area contributed by atoms with E-state index in [2.05, 4.69) is 59.1 Å². The first-order chi connectivity index (χ1) is 8.88. The monoisotopic (exact) mass is 236 g/mol. The summed E-state index contributed by atoms with van der Waals surface area (Å²) in [6.45, 7) is 3.09. The zero-order chi connectivity index (χ0) is 12.4. The Kier molecular flexibility index (Phi) is 2.85. The van der Waals surface area contributed by atoms with E-state index in [1.54, 1.807) is 0 Å². The third kappa shape index (κ3) is 1.90. The van der Waals surface area contributed by atoms with Gasteiger partial charge in [0, 0.05) is 30.7 Å². The van der Waals surface area contributed by atoms with Gasteiger partial charge in [-0.3, -0.25) is 4.98 Å². The van der Waals surface area contributed by atoms with Crippen molar-refractivity contribution in [3.8, 4) is 0 Å². The maximum absolute atomic E-state index is 4.20. The van der Waals surface area contributed by atoms with Gasteiger partial charge in [-0.25, -0.2) is 0 Å². The summed E-state index contributed by atoms with van der Waals surface area (Å²) < 4.78 is 2.30. The molecular formula is C16H16N2. The van der Waals surface area contributed by atoms with Crippen molar-refractivity contribution in [1.82, 2.24) is 9.55 Å². The molecule has 3 rings (SSSR count). The predicted octanol–water partition coefficient (Wildman–Crippen LogP) is 3.65. The predicted molar refractivity (Wildman–Crippen MR) is 74.7 cm³/mol. The van der Waals surface area contributed by atoms with Crippen molar-refractivity contribution in [2.75, 3.05) is 0 Å². The molecule has 18 heavy (non-hydrogen) atoms. The van der Waals surface area contributed by atoms with E-state index < -0.39 is 0 Å². The van der Waals surface area contributed by atoms with Crippen LogP contribution in [0.25, 0.3) is 10.9 Å². The molecule has 90 valence electrons. The Hall–Kier alpha value is -2.09. The van der Waals surface area contributed by atoms with Crippen LogP contribution in [0, 0.1) is 0 Å². The fourth-order valence-electron chi connectivity index (χ4n) is 2.39. The van der Waals surface area contributed by atoms with Gasteiger partial charge in [-0.2, -0.15) is 0 Å². The molecule has 2 nitrogen and oxygen atoms in total. The molecule has 0 aliphatic rings. The average Bonchev–Trinajstić information content (AvgIpc) is 2.83. The third-order valence-electron chi connectivity index (χ3n) is 3.41. The molecule has 0 radical (unpaired) electrons. The van der Waals surface area contributed by atoms with Gasteiger partial charge in [-0.1, -0.05) is 25.1 Å². The van der Waals surface area contributed by atoms with E-state index in [0.29, 0.717) is 0 Å². The molecular weight excluding hydrogens is 220 g/mol. The van der Waals surface area contributed by atoms with Crippen LogP contribution >= 0.6 is 0 Å². The number of aromatic nitrogens is 2. The first kappa shape index (κ1) is 11.0. The van der Waals surface area contributed by atoms with Gasteiger partial charge in [0.25, 0.3) is 0 Å². The lowest BCUT2D eigenvalue weighted by molar-refractivity contribution is 0.819. The highest BCUT2D eigenvalue weighted by atomic mass is 14.9. The van der Waals surface area contributed by atoms with Crippen molar-refractivity contribution in [2.45, 2.75) is 19.9 Å². The summed E-state index contributed by atoms with van der Waals surface area (Å²) in [4.78, 5) is 4.20. The Morgan fingerprint density at radius 1 is 1.06 bits per heavy atom. The van der Waals surface area contributed by atoms with Crippen LogP contribution in [-0.2, 0) is 13.0 Å². The highest BCUT2D eigenvalue weighted by Crippen LogP contribution is 2.18. The van der Waals surface area contributed by atoms with Gasteiger partial charge in [0.15, 0.2) is 0 Å². The molecule has 0 bridgehead atoms. The van der Waals surface area contributed by atoms with Crippen LogP contribution in [0.15, 0.2) is 55.0 Å². The Morgan fingerprint density at radius 3 is 2.83 bits per heavy atom. The van der Waals surface area contributed by atoms with E-state index in [1.165, 1.54) is 22.0 Å². The minimum absolute atomic E-state index is 0.916. The summed E-state index contributed by atoms with van der Waals surface area (Å²) in [6, 6.07) is 12.8. The first-order valence-electron chi connectivity index (χ1n) is 6.34. The second kappa shape index (κ2) is 4.65. The number of pyridine rings is 1. The van der Waals surface area contributed by atoms with Crippen molar-refractivity contribution in [2.24, 2.45) is 0 Å². The van der Waals surface area contributed by atoms with E-state index in [0.717, 1.165) is 13.0 Å². The summed E-state index contributed by atoms with van der Waals surface area (Å²) in [5.74, 6) is 0. The lowest BCUT2D eigenvalue weighted by atomic mass is 10.1. The largest absolute Gasteiger partial charge is 0.343 e. The molecule has 2 heteroatoms. The number of fused-ring (bicyclic) bond motifs is 1. The van der Waals surface area contributed by atoms with Gasteiger partial charge in [0.1, 0.15) is 0 Å². The minimum Gasteiger partial charge on any atom is -0.343 e.